The van der Waals surface area contributed by atoms with Gasteiger partial charge >= 0.3 is 0 Å². The number of rotatable bonds is 28. The average molecular weight is 505 g/mol. The fraction of sp³-hybridized carbons (Fsp3) is 0.941. The molecule has 1 unspecified atom stereocenters. The molecule has 1 atom stereocenters. The summed E-state index contributed by atoms with van der Waals surface area (Å²) in [5.41, 5.74) is 0. The molecule has 1 aliphatic heterocycles. The lowest BCUT2D eigenvalue weighted by Gasteiger charge is -2.33. The Hall–Kier alpha value is -0.660. The summed E-state index contributed by atoms with van der Waals surface area (Å²) in [4.78, 5) is 5.36. The minimum absolute atomic E-state index is 0.643. The van der Waals surface area contributed by atoms with Crippen molar-refractivity contribution in [2.45, 2.75) is 194 Å². The number of nitrogens with zero attached hydrogens (tertiary/aromatic N) is 2. The quantitative estimate of drug-likeness (QED) is 0.0977. The molecule has 0 radical (unpaired) electrons. The highest BCUT2D eigenvalue weighted by Crippen LogP contribution is 2.24. The van der Waals surface area contributed by atoms with Crippen molar-refractivity contribution >= 4 is 0 Å². The molecular formula is C34H68N2. The summed E-state index contributed by atoms with van der Waals surface area (Å²) in [5, 5.41) is 0. The van der Waals surface area contributed by atoms with Crippen LogP contribution in [0.5, 0.6) is 0 Å². The Labute approximate surface area is 229 Å². The van der Waals surface area contributed by atoms with Crippen LogP contribution in [0.4, 0.5) is 0 Å². The summed E-state index contributed by atoms with van der Waals surface area (Å²) in [6, 6.07) is 0. The molecule has 0 N–H and O–H groups in total. The second-order valence-electron chi connectivity index (χ2n) is 11.8. The van der Waals surface area contributed by atoms with E-state index < -0.39 is 0 Å². The lowest BCUT2D eigenvalue weighted by molar-refractivity contribution is 0.135. The molecule has 0 amide bonds. The standard InChI is InChI=1S/C34H68N2/c1-4-7-10-13-15-16-17-18-19-20-21-22-23-24-26-29-34-35(30-27-12-9-6-3)32-33-36(34)31-28-25-14-11-8-5-2/h32-34H,4-31H2,1-3H3. The zero-order valence-electron chi connectivity index (χ0n) is 25.4. The minimum atomic E-state index is 0.643. The molecule has 214 valence electrons. The highest BCUT2D eigenvalue weighted by molar-refractivity contribution is 4.97. The van der Waals surface area contributed by atoms with E-state index in [9.17, 15) is 0 Å². The van der Waals surface area contributed by atoms with Gasteiger partial charge in [0.05, 0.1) is 0 Å². The van der Waals surface area contributed by atoms with E-state index in [4.69, 9.17) is 0 Å². The second kappa shape index (κ2) is 26.0. The van der Waals surface area contributed by atoms with Gasteiger partial charge in [0.2, 0.25) is 0 Å². The van der Waals surface area contributed by atoms with Crippen LogP contribution in [0.2, 0.25) is 0 Å². The van der Waals surface area contributed by atoms with E-state index in [-0.39, 0.29) is 0 Å². The van der Waals surface area contributed by atoms with Crippen molar-refractivity contribution in [3.63, 3.8) is 0 Å². The van der Waals surface area contributed by atoms with Gasteiger partial charge in [-0.3, -0.25) is 0 Å². The molecule has 0 saturated carbocycles. The van der Waals surface area contributed by atoms with Crippen LogP contribution in [0, 0.1) is 0 Å². The first kappa shape index (κ1) is 33.4. The maximum Gasteiger partial charge on any atom is 0.101 e. The molecule has 2 nitrogen and oxygen atoms in total. The van der Waals surface area contributed by atoms with Gasteiger partial charge in [-0.15, -0.1) is 0 Å². The Balaban J connectivity index is 2.11. The van der Waals surface area contributed by atoms with E-state index in [0.717, 1.165) is 0 Å². The predicted molar refractivity (Wildman–Crippen MR) is 163 cm³/mol. The van der Waals surface area contributed by atoms with Crippen LogP contribution in [0.15, 0.2) is 12.4 Å². The van der Waals surface area contributed by atoms with Crippen LogP contribution in [0.3, 0.4) is 0 Å². The van der Waals surface area contributed by atoms with E-state index >= 15 is 0 Å². The van der Waals surface area contributed by atoms with Gasteiger partial charge in [-0.2, -0.15) is 0 Å². The molecule has 0 saturated heterocycles. The van der Waals surface area contributed by atoms with Gasteiger partial charge in [-0.1, -0.05) is 162 Å². The Kier molecular flexibility index (Phi) is 24.1. The van der Waals surface area contributed by atoms with Crippen molar-refractivity contribution in [2.75, 3.05) is 13.1 Å². The van der Waals surface area contributed by atoms with E-state index in [1.165, 1.54) is 180 Å². The first-order valence-corrected chi connectivity index (χ1v) is 17.0. The molecular weight excluding hydrogens is 436 g/mol. The summed E-state index contributed by atoms with van der Waals surface area (Å²) < 4.78 is 0. The van der Waals surface area contributed by atoms with E-state index in [0.29, 0.717) is 6.17 Å². The third-order valence-corrected chi connectivity index (χ3v) is 8.32. The topological polar surface area (TPSA) is 6.48 Å². The van der Waals surface area contributed by atoms with Gasteiger partial charge in [0.15, 0.2) is 0 Å². The fourth-order valence-corrected chi connectivity index (χ4v) is 5.83. The van der Waals surface area contributed by atoms with Crippen LogP contribution >= 0.6 is 0 Å². The zero-order chi connectivity index (χ0) is 25.9. The van der Waals surface area contributed by atoms with Crippen LogP contribution in [0.1, 0.15) is 188 Å². The van der Waals surface area contributed by atoms with Gasteiger partial charge in [-0.05, 0) is 25.7 Å². The van der Waals surface area contributed by atoms with Crippen molar-refractivity contribution in [2.24, 2.45) is 0 Å². The summed E-state index contributed by atoms with van der Waals surface area (Å²) in [6.45, 7) is 9.46. The second-order valence-corrected chi connectivity index (χ2v) is 11.8. The highest BCUT2D eigenvalue weighted by Gasteiger charge is 2.24. The van der Waals surface area contributed by atoms with E-state index in [2.05, 4.69) is 43.0 Å². The molecule has 0 aromatic rings. The van der Waals surface area contributed by atoms with Crippen LogP contribution in [-0.4, -0.2) is 29.1 Å². The lowest BCUT2D eigenvalue weighted by atomic mass is 10.0. The van der Waals surface area contributed by atoms with Gasteiger partial charge in [0.1, 0.15) is 6.17 Å². The smallest absolute Gasteiger partial charge is 0.101 e. The number of hydrogen-bond donors (Lipinski definition) is 0. The summed E-state index contributed by atoms with van der Waals surface area (Å²) in [6.07, 6.45) is 42.5. The normalized spacial score (nSPS) is 15.5. The summed E-state index contributed by atoms with van der Waals surface area (Å²) in [7, 11) is 0. The Morgan fingerprint density at radius 3 is 1.00 bits per heavy atom. The minimum Gasteiger partial charge on any atom is -0.356 e. The largest absolute Gasteiger partial charge is 0.356 e. The molecule has 2 heteroatoms. The third-order valence-electron chi connectivity index (χ3n) is 8.32. The fourth-order valence-electron chi connectivity index (χ4n) is 5.83. The van der Waals surface area contributed by atoms with Crippen LogP contribution in [0.25, 0.3) is 0 Å². The molecule has 0 aromatic heterocycles. The Morgan fingerprint density at radius 1 is 0.361 bits per heavy atom. The zero-order valence-corrected chi connectivity index (χ0v) is 25.4. The molecule has 0 bridgehead atoms. The molecule has 0 spiro atoms. The molecule has 36 heavy (non-hydrogen) atoms. The maximum atomic E-state index is 2.68. The van der Waals surface area contributed by atoms with Crippen molar-refractivity contribution < 1.29 is 0 Å². The average Bonchev–Trinajstić information content (AvgIpc) is 3.27. The number of hydrogen-bond acceptors (Lipinski definition) is 2. The van der Waals surface area contributed by atoms with Gasteiger partial charge in [-0.25, -0.2) is 0 Å². The molecule has 0 aliphatic carbocycles. The SMILES string of the molecule is CCCCCCCCCCCCCCCCCC1N(CCCCCC)C=CN1CCCCCCCC. The van der Waals surface area contributed by atoms with Crippen molar-refractivity contribution in [1.82, 2.24) is 9.80 Å². The number of unbranched alkanes of at least 4 members (excludes halogenated alkanes) is 22. The molecule has 1 rings (SSSR count). The van der Waals surface area contributed by atoms with E-state index in [1.807, 2.05) is 0 Å². The van der Waals surface area contributed by atoms with Gasteiger partial charge < -0.3 is 9.80 Å². The lowest BCUT2D eigenvalue weighted by Crippen LogP contribution is -2.39. The summed E-state index contributed by atoms with van der Waals surface area (Å²) >= 11 is 0. The van der Waals surface area contributed by atoms with E-state index in [1.54, 1.807) is 0 Å². The van der Waals surface area contributed by atoms with Crippen LogP contribution < -0.4 is 0 Å². The predicted octanol–water partition coefficient (Wildman–Crippen LogP) is 11.6. The van der Waals surface area contributed by atoms with Gasteiger partial charge in [0, 0.05) is 25.5 Å². The Bertz CT molecular complexity index is 460. The first-order chi connectivity index (χ1) is 17.8. The monoisotopic (exact) mass is 505 g/mol. The summed E-state index contributed by atoms with van der Waals surface area (Å²) in [5.74, 6) is 0. The highest BCUT2D eigenvalue weighted by atomic mass is 15.4. The maximum absolute atomic E-state index is 2.68. The molecule has 1 aliphatic rings. The first-order valence-electron chi connectivity index (χ1n) is 17.0. The van der Waals surface area contributed by atoms with Gasteiger partial charge in [0.25, 0.3) is 0 Å². The molecule has 0 fully saturated rings. The third kappa shape index (κ3) is 18.6. The van der Waals surface area contributed by atoms with Crippen molar-refractivity contribution in [3.05, 3.63) is 12.4 Å². The molecule has 0 aromatic carbocycles. The van der Waals surface area contributed by atoms with Crippen molar-refractivity contribution in [1.29, 1.82) is 0 Å². The Morgan fingerprint density at radius 2 is 0.639 bits per heavy atom. The van der Waals surface area contributed by atoms with Crippen molar-refractivity contribution in [3.8, 4) is 0 Å². The molecule has 1 heterocycles. The van der Waals surface area contributed by atoms with Crippen LogP contribution in [-0.2, 0) is 0 Å².